The van der Waals surface area contributed by atoms with Gasteiger partial charge in [-0.25, -0.2) is 9.50 Å². The van der Waals surface area contributed by atoms with Gasteiger partial charge in [0.1, 0.15) is 0 Å². The maximum absolute atomic E-state index is 4.49. The highest BCUT2D eigenvalue weighted by atomic mass is 15.3. The summed E-state index contributed by atoms with van der Waals surface area (Å²) >= 11 is 0. The molecule has 0 saturated heterocycles. The monoisotopic (exact) mass is 253 g/mol. The first-order valence-electron chi connectivity index (χ1n) is 6.19. The average molecular weight is 253 g/mol. The van der Waals surface area contributed by atoms with Crippen molar-refractivity contribution in [2.24, 2.45) is 0 Å². The summed E-state index contributed by atoms with van der Waals surface area (Å²) in [6.07, 6.45) is 5.52. The van der Waals surface area contributed by atoms with Crippen LogP contribution in [0.1, 0.15) is 17.0 Å². The summed E-state index contributed by atoms with van der Waals surface area (Å²) in [4.78, 5) is 8.51. The van der Waals surface area contributed by atoms with E-state index in [1.807, 2.05) is 42.8 Å². The maximum Gasteiger partial charge on any atom is 0.177 e. The molecule has 0 aromatic carbocycles. The Morgan fingerprint density at radius 2 is 1.95 bits per heavy atom. The smallest absolute Gasteiger partial charge is 0.177 e. The lowest BCUT2D eigenvalue weighted by Crippen LogP contribution is -2.04. The lowest BCUT2D eigenvalue weighted by atomic mass is 10.2. The first-order valence-corrected chi connectivity index (χ1v) is 6.19. The molecule has 0 bridgehead atoms. The van der Waals surface area contributed by atoms with E-state index in [4.69, 9.17) is 0 Å². The van der Waals surface area contributed by atoms with Crippen molar-refractivity contribution in [3.05, 3.63) is 53.7 Å². The van der Waals surface area contributed by atoms with Gasteiger partial charge in [-0.1, -0.05) is 0 Å². The predicted molar refractivity (Wildman–Crippen MR) is 74.0 cm³/mol. The van der Waals surface area contributed by atoms with Crippen LogP contribution in [0.15, 0.2) is 36.8 Å². The molecule has 0 unspecified atom stereocenters. The van der Waals surface area contributed by atoms with Gasteiger partial charge in [-0.2, -0.15) is 5.10 Å². The minimum atomic E-state index is 0.744. The number of nitrogens with zero attached hydrogens (tertiary/aromatic N) is 4. The number of hydrogen-bond donors (Lipinski definition) is 1. The highest BCUT2D eigenvalue weighted by Gasteiger charge is 2.06. The summed E-state index contributed by atoms with van der Waals surface area (Å²) in [5.41, 5.74) is 4.97. The van der Waals surface area contributed by atoms with Crippen LogP contribution in [0.3, 0.4) is 0 Å². The lowest BCUT2D eigenvalue weighted by molar-refractivity contribution is 0.898. The second-order valence-electron chi connectivity index (χ2n) is 4.56. The van der Waals surface area contributed by atoms with Crippen LogP contribution in [0.4, 0.5) is 5.69 Å². The quantitative estimate of drug-likeness (QED) is 0.778. The molecular weight excluding hydrogens is 238 g/mol. The number of aromatic nitrogens is 4. The van der Waals surface area contributed by atoms with Crippen molar-refractivity contribution < 1.29 is 0 Å². The van der Waals surface area contributed by atoms with Crippen LogP contribution in [-0.4, -0.2) is 19.6 Å². The first-order chi connectivity index (χ1) is 9.22. The molecule has 0 saturated carbocycles. The minimum absolute atomic E-state index is 0.744. The normalized spacial score (nSPS) is 10.8. The molecular formula is C14H15N5. The topological polar surface area (TPSA) is 55.1 Å². The molecule has 3 rings (SSSR count). The zero-order chi connectivity index (χ0) is 13.2. The zero-order valence-corrected chi connectivity index (χ0v) is 11.0. The molecule has 0 aliphatic rings. The van der Waals surface area contributed by atoms with Crippen molar-refractivity contribution >= 4 is 11.3 Å². The van der Waals surface area contributed by atoms with Gasteiger partial charge in [0.05, 0.1) is 23.3 Å². The molecule has 5 nitrogen and oxygen atoms in total. The van der Waals surface area contributed by atoms with E-state index in [2.05, 4.69) is 20.4 Å². The fourth-order valence-electron chi connectivity index (χ4n) is 2.05. The van der Waals surface area contributed by atoms with Gasteiger partial charge in [0.2, 0.25) is 0 Å². The summed E-state index contributed by atoms with van der Waals surface area (Å²) in [5, 5.41) is 7.82. The van der Waals surface area contributed by atoms with Crippen molar-refractivity contribution in [1.82, 2.24) is 19.6 Å². The van der Waals surface area contributed by atoms with Crippen LogP contribution in [-0.2, 0) is 6.54 Å². The van der Waals surface area contributed by atoms with Crippen molar-refractivity contribution in [3.8, 4) is 0 Å². The largest absolute Gasteiger partial charge is 0.378 e. The van der Waals surface area contributed by atoms with Crippen LogP contribution < -0.4 is 5.32 Å². The molecule has 1 N–H and O–H groups in total. The second-order valence-corrected chi connectivity index (χ2v) is 4.56. The van der Waals surface area contributed by atoms with E-state index in [0.717, 1.165) is 29.3 Å². The van der Waals surface area contributed by atoms with E-state index in [-0.39, 0.29) is 0 Å². The molecule has 3 heterocycles. The summed E-state index contributed by atoms with van der Waals surface area (Å²) < 4.78 is 1.82. The van der Waals surface area contributed by atoms with E-state index in [9.17, 15) is 0 Å². The average Bonchev–Trinajstić information content (AvgIpc) is 2.77. The van der Waals surface area contributed by atoms with Gasteiger partial charge in [-0.3, -0.25) is 4.98 Å². The van der Waals surface area contributed by atoms with Gasteiger partial charge in [0.15, 0.2) is 5.65 Å². The molecule has 0 aliphatic heterocycles. The molecule has 0 spiro atoms. The molecule has 0 fully saturated rings. The van der Waals surface area contributed by atoms with E-state index in [0.29, 0.717) is 0 Å². The number of aryl methyl sites for hydroxylation is 2. The first kappa shape index (κ1) is 11.6. The second kappa shape index (κ2) is 4.68. The Morgan fingerprint density at radius 1 is 1.16 bits per heavy atom. The van der Waals surface area contributed by atoms with E-state index in [1.54, 1.807) is 12.4 Å². The van der Waals surface area contributed by atoms with Crippen molar-refractivity contribution in [2.45, 2.75) is 20.4 Å². The van der Waals surface area contributed by atoms with Gasteiger partial charge in [-0.15, -0.1) is 0 Å². The Bertz CT molecular complexity index is 702. The van der Waals surface area contributed by atoms with Gasteiger partial charge >= 0.3 is 0 Å². The number of rotatable bonds is 3. The zero-order valence-electron chi connectivity index (χ0n) is 11.0. The molecule has 96 valence electrons. The van der Waals surface area contributed by atoms with Crippen LogP contribution in [0, 0.1) is 13.8 Å². The summed E-state index contributed by atoms with van der Waals surface area (Å²) in [6.45, 7) is 4.69. The Balaban J connectivity index is 1.92. The molecule has 3 aromatic heterocycles. The van der Waals surface area contributed by atoms with Gasteiger partial charge in [0, 0.05) is 18.9 Å². The fourth-order valence-corrected chi connectivity index (χ4v) is 2.05. The molecule has 0 amide bonds. The Hall–Kier alpha value is -2.43. The third-order valence-corrected chi connectivity index (χ3v) is 2.90. The molecule has 0 aliphatic carbocycles. The Labute approximate surface area is 111 Å². The minimum Gasteiger partial charge on any atom is -0.378 e. The van der Waals surface area contributed by atoms with Crippen molar-refractivity contribution in [3.63, 3.8) is 0 Å². The van der Waals surface area contributed by atoms with Gasteiger partial charge in [0.25, 0.3) is 0 Å². The standard InChI is InChI=1S/C14H15N5/c1-10-7-13(14-17-11(2)9-19(14)18-10)16-8-12-3-5-15-6-4-12/h3-7,9,16H,8H2,1-2H3. The third kappa shape index (κ3) is 2.40. The number of anilines is 1. The van der Waals surface area contributed by atoms with Gasteiger partial charge in [-0.05, 0) is 37.6 Å². The molecule has 5 heteroatoms. The molecule has 19 heavy (non-hydrogen) atoms. The Kier molecular flexibility index (Phi) is 2.87. The van der Waals surface area contributed by atoms with Crippen LogP contribution in [0.2, 0.25) is 0 Å². The van der Waals surface area contributed by atoms with E-state index < -0.39 is 0 Å². The third-order valence-electron chi connectivity index (χ3n) is 2.90. The lowest BCUT2D eigenvalue weighted by Gasteiger charge is -2.08. The van der Waals surface area contributed by atoms with E-state index in [1.165, 1.54) is 5.56 Å². The summed E-state index contributed by atoms with van der Waals surface area (Å²) in [6, 6.07) is 6.01. The van der Waals surface area contributed by atoms with Crippen molar-refractivity contribution in [1.29, 1.82) is 0 Å². The summed E-state index contributed by atoms with van der Waals surface area (Å²) in [7, 11) is 0. The number of hydrogen-bond acceptors (Lipinski definition) is 4. The van der Waals surface area contributed by atoms with Crippen LogP contribution in [0.5, 0.6) is 0 Å². The maximum atomic E-state index is 4.49. The molecule has 0 atom stereocenters. The number of pyridine rings is 1. The molecule has 0 radical (unpaired) electrons. The number of imidazole rings is 1. The number of nitrogens with one attached hydrogen (secondary N) is 1. The fraction of sp³-hybridized carbons (Fsp3) is 0.214. The van der Waals surface area contributed by atoms with E-state index >= 15 is 0 Å². The van der Waals surface area contributed by atoms with Crippen LogP contribution >= 0.6 is 0 Å². The van der Waals surface area contributed by atoms with Crippen molar-refractivity contribution in [2.75, 3.05) is 5.32 Å². The SMILES string of the molecule is Cc1cn2nc(C)cc(NCc3ccncc3)c2n1. The summed E-state index contributed by atoms with van der Waals surface area (Å²) in [5.74, 6) is 0. The highest BCUT2D eigenvalue weighted by Crippen LogP contribution is 2.17. The Morgan fingerprint density at radius 3 is 2.74 bits per heavy atom. The highest BCUT2D eigenvalue weighted by molar-refractivity contribution is 5.67. The predicted octanol–water partition coefficient (Wildman–Crippen LogP) is 2.35. The number of fused-ring (bicyclic) bond motifs is 1. The molecule has 3 aromatic rings. The van der Waals surface area contributed by atoms with Crippen LogP contribution in [0.25, 0.3) is 5.65 Å². The van der Waals surface area contributed by atoms with Gasteiger partial charge < -0.3 is 5.32 Å².